The van der Waals surface area contributed by atoms with Gasteiger partial charge in [-0.3, -0.25) is 9.48 Å². The van der Waals surface area contributed by atoms with E-state index in [1.165, 1.54) is 0 Å². The number of aromatic nitrogens is 2. The molecule has 0 aromatic carbocycles. The summed E-state index contributed by atoms with van der Waals surface area (Å²) in [6.07, 6.45) is 4.65. The minimum atomic E-state index is -0.825. The molecule has 0 aliphatic carbocycles. The third kappa shape index (κ3) is 3.36. The molecule has 1 rings (SSSR count). The molecule has 5 nitrogen and oxygen atoms in total. The van der Waals surface area contributed by atoms with Gasteiger partial charge in [-0.05, 0) is 18.5 Å². The van der Waals surface area contributed by atoms with Crippen molar-refractivity contribution in [2.45, 2.75) is 32.2 Å². The van der Waals surface area contributed by atoms with Crippen molar-refractivity contribution in [2.75, 3.05) is 6.54 Å². The second-order valence-electron chi connectivity index (χ2n) is 3.57. The Morgan fingerprint density at radius 2 is 2.47 bits per heavy atom. The zero-order chi connectivity index (χ0) is 11.3. The summed E-state index contributed by atoms with van der Waals surface area (Å²) < 4.78 is 1.82. The second-order valence-corrected chi connectivity index (χ2v) is 3.57. The number of nitrogens with zero attached hydrogens (tertiary/aromatic N) is 2. The maximum absolute atomic E-state index is 10.6. The SMILES string of the molecule is CCCn1cc(C(CN)CC(=O)O)cn1. The molecule has 0 amide bonds. The van der Waals surface area contributed by atoms with Gasteiger partial charge >= 0.3 is 5.97 Å². The first-order valence-corrected chi connectivity index (χ1v) is 5.11. The predicted octanol–water partition coefficient (Wildman–Crippen LogP) is 0.810. The van der Waals surface area contributed by atoms with Crippen molar-refractivity contribution in [1.29, 1.82) is 0 Å². The van der Waals surface area contributed by atoms with Crippen LogP contribution in [0.1, 0.15) is 31.2 Å². The van der Waals surface area contributed by atoms with E-state index >= 15 is 0 Å². The van der Waals surface area contributed by atoms with Crippen LogP contribution in [0.3, 0.4) is 0 Å². The summed E-state index contributed by atoms with van der Waals surface area (Å²) in [7, 11) is 0. The van der Waals surface area contributed by atoms with E-state index in [-0.39, 0.29) is 12.3 Å². The number of aryl methyl sites for hydroxylation is 1. The van der Waals surface area contributed by atoms with Crippen LogP contribution in [0.15, 0.2) is 12.4 Å². The van der Waals surface area contributed by atoms with Gasteiger partial charge in [-0.2, -0.15) is 5.10 Å². The lowest BCUT2D eigenvalue weighted by Crippen LogP contribution is -2.15. The van der Waals surface area contributed by atoms with Gasteiger partial charge in [-0.1, -0.05) is 6.92 Å². The quantitative estimate of drug-likeness (QED) is 0.729. The zero-order valence-corrected chi connectivity index (χ0v) is 8.89. The Hall–Kier alpha value is -1.36. The Bertz CT molecular complexity index is 322. The molecule has 1 aromatic rings. The minimum Gasteiger partial charge on any atom is -0.481 e. The van der Waals surface area contributed by atoms with Crippen LogP contribution in [0, 0.1) is 0 Å². The molecule has 1 unspecified atom stereocenters. The molecule has 0 aliphatic heterocycles. The third-order valence-electron chi connectivity index (χ3n) is 2.28. The van der Waals surface area contributed by atoms with E-state index in [1.54, 1.807) is 6.20 Å². The van der Waals surface area contributed by atoms with E-state index in [1.807, 2.05) is 10.9 Å². The molecular weight excluding hydrogens is 194 g/mol. The number of hydrogen-bond acceptors (Lipinski definition) is 3. The van der Waals surface area contributed by atoms with Gasteiger partial charge in [0, 0.05) is 18.7 Å². The first-order valence-electron chi connectivity index (χ1n) is 5.11. The van der Waals surface area contributed by atoms with E-state index in [0.29, 0.717) is 6.54 Å². The van der Waals surface area contributed by atoms with Gasteiger partial charge in [0.25, 0.3) is 0 Å². The molecule has 1 aromatic heterocycles. The number of carbonyl (C=O) groups is 1. The van der Waals surface area contributed by atoms with Crippen LogP contribution in [0.25, 0.3) is 0 Å². The Labute approximate surface area is 88.9 Å². The molecule has 3 N–H and O–H groups in total. The highest BCUT2D eigenvalue weighted by Crippen LogP contribution is 2.17. The molecule has 15 heavy (non-hydrogen) atoms. The molecule has 0 fully saturated rings. The lowest BCUT2D eigenvalue weighted by Gasteiger charge is -2.08. The Kier molecular flexibility index (Phi) is 4.30. The number of carboxylic acids is 1. The number of nitrogens with two attached hydrogens (primary N) is 1. The van der Waals surface area contributed by atoms with Crippen molar-refractivity contribution >= 4 is 5.97 Å². The van der Waals surface area contributed by atoms with Crippen LogP contribution in [-0.4, -0.2) is 27.4 Å². The van der Waals surface area contributed by atoms with Crippen molar-refractivity contribution < 1.29 is 9.90 Å². The highest BCUT2D eigenvalue weighted by Gasteiger charge is 2.15. The van der Waals surface area contributed by atoms with Crippen molar-refractivity contribution in [3.8, 4) is 0 Å². The summed E-state index contributed by atoms with van der Waals surface area (Å²) >= 11 is 0. The lowest BCUT2D eigenvalue weighted by molar-refractivity contribution is -0.137. The van der Waals surface area contributed by atoms with E-state index in [2.05, 4.69) is 12.0 Å². The van der Waals surface area contributed by atoms with Gasteiger partial charge in [0.05, 0.1) is 12.6 Å². The molecule has 84 valence electrons. The van der Waals surface area contributed by atoms with Crippen molar-refractivity contribution in [3.63, 3.8) is 0 Å². The van der Waals surface area contributed by atoms with Gasteiger partial charge in [0.2, 0.25) is 0 Å². The summed E-state index contributed by atoms with van der Waals surface area (Å²) in [5.41, 5.74) is 6.45. The Morgan fingerprint density at radius 3 is 3.00 bits per heavy atom. The van der Waals surface area contributed by atoms with Crippen LogP contribution in [-0.2, 0) is 11.3 Å². The van der Waals surface area contributed by atoms with Crippen LogP contribution >= 0.6 is 0 Å². The molecule has 5 heteroatoms. The molecule has 0 spiro atoms. The summed E-state index contributed by atoms with van der Waals surface area (Å²) in [6.45, 7) is 3.26. The lowest BCUT2D eigenvalue weighted by atomic mass is 9.99. The summed E-state index contributed by atoms with van der Waals surface area (Å²) in [5, 5.41) is 12.9. The fourth-order valence-corrected chi connectivity index (χ4v) is 1.49. The van der Waals surface area contributed by atoms with E-state index < -0.39 is 5.97 Å². The largest absolute Gasteiger partial charge is 0.481 e. The van der Waals surface area contributed by atoms with Gasteiger partial charge in [-0.25, -0.2) is 0 Å². The molecule has 0 bridgehead atoms. The highest BCUT2D eigenvalue weighted by molar-refractivity contribution is 5.68. The number of rotatable bonds is 6. The Balaban J connectivity index is 2.69. The van der Waals surface area contributed by atoms with E-state index in [4.69, 9.17) is 10.8 Å². The molecule has 0 aliphatic rings. The molecule has 0 radical (unpaired) electrons. The Morgan fingerprint density at radius 1 is 1.73 bits per heavy atom. The van der Waals surface area contributed by atoms with Gasteiger partial charge in [0.15, 0.2) is 0 Å². The maximum Gasteiger partial charge on any atom is 0.304 e. The third-order valence-corrected chi connectivity index (χ3v) is 2.28. The van der Waals surface area contributed by atoms with Crippen LogP contribution in [0.4, 0.5) is 0 Å². The van der Waals surface area contributed by atoms with Crippen molar-refractivity contribution in [3.05, 3.63) is 18.0 Å². The van der Waals surface area contributed by atoms with Gasteiger partial charge in [-0.15, -0.1) is 0 Å². The number of aliphatic carboxylic acids is 1. The van der Waals surface area contributed by atoms with Crippen molar-refractivity contribution in [1.82, 2.24) is 9.78 Å². The molecule has 0 saturated carbocycles. The maximum atomic E-state index is 10.6. The summed E-state index contributed by atoms with van der Waals surface area (Å²) in [6, 6.07) is 0. The van der Waals surface area contributed by atoms with Gasteiger partial charge < -0.3 is 10.8 Å². The fourth-order valence-electron chi connectivity index (χ4n) is 1.49. The van der Waals surface area contributed by atoms with Crippen molar-refractivity contribution in [2.24, 2.45) is 5.73 Å². The highest BCUT2D eigenvalue weighted by atomic mass is 16.4. The average molecular weight is 211 g/mol. The summed E-state index contributed by atoms with van der Waals surface area (Å²) in [5.74, 6) is -0.957. The molecular formula is C10H17N3O2. The first kappa shape index (κ1) is 11.7. The average Bonchev–Trinajstić information content (AvgIpc) is 2.63. The summed E-state index contributed by atoms with van der Waals surface area (Å²) in [4.78, 5) is 10.6. The van der Waals surface area contributed by atoms with E-state index in [9.17, 15) is 4.79 Å². The fraction of sp³-hybridized carbons (Fsp3) is 0.600. The van der Waals surface area contributed by atoms with Crippen LogP contribution in [0.2, 0.25) is 0 Å². The topological polar surface area (TPSA) is 81.1 Å². The van der Waals surface area contributed by atoms with Crippen LogP contribution < -0.4 is 5.73 Å². The smallest absolute Gasteiger partial charge is 0.304 e. The van der Waals surface area contributed by atoms with Crippen LogP contribution in [0.5, 0.6) is 0 Å². The normalized spacial score (nSPS) is 12.7. The van der Waals surface area contributed by atoms with Gasteiger partial charge in [0.1, 0.15) is 0 Å². The van der Waals surface area contributed by atoms with E-state index in [0.717, 1.165) is 18.5 Å². The second kappa shape index (κ2) is 5.50. The predicted molar refractivity (Wildman–Crippen MR) is 56.6 cm³/mol. The first-order chi connectivity index (χ1) is 7.17. The number of carboxylic acid groups (broad SMARTS) is 1. The molecule has 1 heterocycles. The standard InChI is InChI=1S/C10H17N3O2/c1-2-3-13-7-9(6-12-13)8(5-11)4-10(14)15/h6-8H,2-5,11H2,1H3,(H,14,15). The minimum absolute atomic E-state index is 0.0638. The number of hydrogen-bond donors (Lipinski definition) is 2. The monoisotopic (exact) mass is 211 g/mol. The zero-order valence-electron chi connectivity index (χ0n) is 8.89. The molecule has 0 saturated heterocycles. The molecule has 1 atom stereocenters.